The van der Waals surface area contributed by atoms with Gasteiger partial charge >= 0.3 is 0 Å². The molecule has 1 atom stereocenters. The third kappa shape index (κ3) is 3.91. The Morgan fingerprint density at radius 3 is 2.62 bits per heavy atom. The van der Waals surface area contributed by atoms with Crippen molar-refractivity contribution < 1.29 is 19.1 Å². The predicted octanol–water partition coefficient (Wildman–Crippen LogP) is 3.86. The van der Waals surface area contributed by atoms with Crippen LogP contribution in [0.1, 0.15) is 20.8 Å². The third-order valence-electron chi connectivity index (χ3n) is 3.90. The van der Waals surface area contributed by atoms with E-state index in [0.717, 1.165) is 0 Å². The van der Waals surface area contributed by atoms with Crippen molar-refractivity contribution in [3.8, 4) is 11.5 Å². The zero-order valence-electron chi connectivity index (χ0n) is 14.6. The second kappa shape index (κ2) is 6.88. The SMILES string of the molecule is CC1Oc2ccc(NC(=O)C(C)(C)Oc3ccc(Cl)cc3)cc2NC1=O. The second-order valence-electron chi connectivity index (χ2n) is 6.48. The molecule has 2 amide bonds. The van der Waals surface area contributed by atoms with E-state index in [0.29, 0.717) is 27.9 Å². The fourth-order valence-electron chi connectivity index (χ4n) is 2.41. The summed E-state index contributed by atoms with van der Waals surface area (Å²) in [6, 6.07) is 11.8. The lowest BCUT2D eigenvalue weighted by Crippen LogP contribution is -2.42. The molecule has 2 N–H and O–H groups in total. The van der Waals surface area contributed by atoms with E-state index in [4.69, 9.17) is 21.1 Å². The summed E-state index contributed by atoms with van der Waals surface area (Å²) < 4.78 is 11.3. The van der Waals surface area contributed by atoms with Gasteiger partial charge in [0.1, 0.15) is 11.5 Å². The van der Waals surface area contributed by atoms with Crippen molar-refractivity contribution in [1.82, 2.24) is 0 Å². The Bertz CT molecular complexity index is 849. The minimum absolute atomic E-state index is 0.229. The van der Waals surface area contributed by atoms with Crippen LogP contribution >= 0.6 is 11.6 Å². The quantitative estimate of drug-likeness (QED) is 0.852. The van der Waals surface area contributed by atoms with Crippen LogP contribution in [0, 0.1) is 0 Å². The molecule has 0 spiro atoms. The lowest BCUT2D eigenvalue weighted by atomic mass is 10.1. The maximum Gasteiger partial charge on any atom is 0.267 e. The van der Waals surface area contributed by atoms with E-state index in [1.807, 2.05) is 0 Å². The highest BCUT2D eigenvalue weighted by Gasteiger charge is 2.31. The molecular weight excluding hydrogens is 356 g/mol. The number of carbonyl (C=O) groups is 2. The summed E-state index contributed by atoms with van der Waals surface area (Å²) in [4.78, 5) is 24.3. The van der Waals surface area contributed by atoms with E-state index in [1.165, 1.54) is 0 Å². The molecule has 2 aromatic carbocycles. The number of nitrogens with one attached hydrogen (secondary N) is 2. The summed E-state index contributed by atoms with van der Waals surface area (Å²) in [7, 11) is 0. The summed E-state index contributed by atoms with van der Waals surface area (Å²) in [5, 5.41) is 6.13. The maximum atomic E-state index is 12.6. The molecule has 0 bridgehead atoms. The molecule has 26 heavy (non-hydrogen) atoms. The van der Waals surface area contributed by atoms with Gasteiger partial charge in [0.15, 0.2) is 11.7 Å². The molecule has 1 unspecified atom stereocenters. The van der Waals surface area contributed by atoms with Crippen LogP contribution in [-0.2, 0) is 9.59 Å². The van der Waals surface area contributed by atoms with Gasteiger partial charge in [0.25, 0.3) is 11.8 Å². The molecule has 1 aliphatic rings. The molecule has 7 heteroatoms. The average molecular weight is 375 g/mol. The molecule has 136 valence electrons. The zero-order valence-corrected chi connectivity index (χ0v) is 15.4. The summed E-state index contributed by atoms with van der Waals surface area (Å²) >= 11 is 5.86. The van der Waals surface area contributed by atoms with Gasteiger partial charge in [-0.2, -0.15) is 0 Å². The number of ether oxygens (including phenoxy) is 2. The topological polar surface area (TPSA) is 76.7 Å². The zero-order chi connectivity index (χ0) is 18.9. The van der Waals surface area contributed by atoms with Gasteiger partial charge in [-0.05, 0) is 63.2 Å². The number of hydrogen-bond acceptors (Lipinski definition) is 4. The third-order valence-corrected chi connectivity index (χ3v) is 4.15. The normalized spacial score (nSPS) is 16.2. The van der Waals surface area contributed by atoms with E-state index in [-0.39, 0.29) is 11.8 Å². The molecule has 0 fully saturated rings. The smallest absolute Gasteiger partial charge is 0.267 e. The first-order valence-corrected chi connectivity index (χ1v) is 8.50. The van der Waals surface area contributed by atoms with Crippen molar-refractivity contribution in [3.63, 3.8) is 0 Å². The molecule has 6 nitrogen and oxygen atoms in total. The van der Waals surface area contributed by atoms with Crippen LogP contribution in [0.3, 0.4) is 0 Å². The molecule has 0 aromatic heterocycles. The molecule has 1 heterocycles. The second-order valence-corrected chi connectivity index (χ2v) is 6.92. The molecule has 0 radical (unpaired) electrons. The Kier molecular flexibility index (Phi) is 4.78. The minimum Gasteiger partial charge on any atom is -0.479 e. The van der Waals surface area contributed by atoms with Crippen LogP contribution in [0.15, 0.2) is 42.5 Å². The summed E-state index contributed by atoms with van der Waals surface area (Å²) in [5.41, 5.74) is -0.0693. The van der Waals surface area contributed by atoms with Crippen LogP contribution < -0.4 is 20.1 Å². The number of halogens is 1. The van der Waals surface area contributed by atoms with E-state index in [9.17, 15) is 9.59 Å². The standard InChI is InChI=1S/C19H19ClN2O4/c1-11-17(23)22-15-10-13(6-9-16(15)25-11)21-18(24)19(2,3)26-14-7-4-12(20)5-8-14/h4-11H,1-3H3,(H,21,24)(H,22,23). The summed E-state index contributed by atoms with van der Waals surface area (Å²) in [6.07, 6.45) is -0.547. The number of carbonyl (C=O) groups excluding carboxylic acids is 2. The molecule has 0 saturated carbocycles. The Balaban J connectivity index is 1.71. The number of rotatable bonds is 4. The van der Waals surface area contributed by atoms with Gasteiger partial charge in [0.05, 0.1) is 5.69 Å². The van der Waals surface area contributed by atoms with Crippen LogP contribution in [0.4, 0.5) is 11.4 Å². The van der Waals surface area contributed by atoms with Gasteiger partial charge in [-0.25, -0.2) is 0 Å². The van der Waals surface area contributed by atoms with Gasteiger partial charge < -0.3 is 20.1 Å². The highest BCUT2D eigenvalue weighted by atomic mass is 35.5. The monoisotopic (exact) mass is 374 g/mol. The van der Waals surface area contributed by atoms with Gasteiger partial charge in [-0.15, -0.1) is 0 Å². The Morgan fingerprint density at radius 2 is 1.92 bits per heavy atom. The first kappa shape index (κ1) is 18.1. The van der Waals surface area contributed by atoms with Crippen LogP contribution in [0.25, 0.3) is 0 Å². The highest BCUT2D eigenvalue weighted by Crippen LogP contribution is 2.32. The predicted molar refractivity (Wildman–Crippen MR) is 100.0 cm³/mol. The lowest BCUT2D eigenvalue weighted by Gasteiger charge is -2.26. The van der Waals surface area contributed by atoms with E-state index < -0.39 is 11.7 Å². The van der Waals surface area contributed by atoms with Gasteiger partial charge in [-0.3, -0.25) is 9.59 Å². The largest absolute Gasteiger partial charge is 0.479 e. The minimum atomic E-state index is -1.11. The van der Waals surface area contributed by atoms with E-state index >= 15 is 0 Å². The highest BCUT2D eigenvalue weighted by molar-refractivity contribution is 6.30. The first-order valence-electron chi connectivity index (χ1n) is 8.12. The number of benzene rings is 2. The van der Waals surface area contributed by atoms with Gasteiger partial charge in [0.2, 0.25) is 0 Å². The van der Waals surface area contributed by atoms with Crippen molar-refractivity contribution >= 4 is 34.8 Å². The van der Waals surface area contributed by atoms with Crippen molar-refractivity contribution in [2.45, 2.75) is 32.5 Å². The fourth-order valence-corrected chi connectivity index (χ4v) is 2.54. The van der Waals surface area contributed by atoms with Gasteiger partial charge in [0, 0.05) is 10.7 Å². The molecule has 3 rings (SSSR count). The first-order chi connectivity index (χ1) is 12.2. The Hall–Kier alpha value is -2.73. The van der Waals surface area contributed by atoms with Crippen LogP contribution in [-0.4, -0.2) is 23.5 Å². The summed E-state index contributed by atoms with van der Waals surface area (Å²) in [5.74, 6) is 0.539. The maximum absolute atomic E-state index is 12.6. The molecule has 0 saturated heterocycles. The molecule has 2 aromatic rings. The number of hydrogen-bond donors (Lipinski definition) is 2. The summed E-state index contributed by atoms with van der Waals surface area (Å²) in [6.45, 7) is 5.01. The fraction of sp³-hybridized carbons (Fsp3) is 0.263. The van der Waals surface area contributed by atoms with Crippen LogP contribution in [0.5, 0.6) is 11.5 Å². The van der Waals surface area contributed by atoms with E-state index in [2.05, 4.69) is 10.6 Å². The molecule has 0 aliphatic carbocycles. The molecular formula is C19H19ClN2O4. The van der Waals surface area contributed by atoms with E-state index in [1.54, 1.807) is 63.2 Å². The molecule has 1 aliphatic heterocycles. The number of amides is 2. The lowest BCUT2D eigenvalue weighted by molar-refractivity contribution is -0.128. The number of anilines is 2. The Labute approximate surface area is 156 Å². The van der Waals surface area contributed by atoms with Crippen molar-refractivity contribution in [1.29, 1.82) is 0 Å². The van der Waals surface area contributed by atoms with Gasteiger partial charge in [-0.1, -0.05) is 11.6 Å². The van der Waals surface area contributed by atoms with Crippen molar-refractivity contribution in [2.75, 3.05) is 10.6 Å². The Morgan fingerprint density at radius 1 is 1.23 bits per heavy atom. The van der Waals surface area contributed by atoms with Crippen molar-refractivity contribution in [3.05, 3.63) is 47.5 Å². The number of fused-ring (bicyclic) bond motifs is 1. The van der Waals surface area contributed by atoms with Crippen molar-refractivity contribution in [2.24, 2.45) is 0 Å². The van der Waals surface area contributed by atoms with Crippen LogP contribution in [0.2, 0.25) is 5.02 Å². The average Bonchev–Trinajstić information content (AvgIpc) is 2.58.